The highest BCUT2D eigenvalue weighted by atomic mass is 35.5. The molecule has 1 heterocycles. The van der Waals surface area contributed by atoms with Crippen LogP contribution < -0.4 is 5.32 Å². The number of aromatic nitrogens is 2. The molecule has 0 atom stereocenters. The lowest BCUT2D eigenvalue weighted by Gasteiger charge is -2.11. The number of hydrogen-bond donors (Lipinski definition) is 1. The monoisotopic (exact) mass is 263 g/mol. The summed E-state index contributed by atoms with van der Waals surface area (Å²) in [5.74, 6) is 0. The van der Waals surface area contributed by atoms with Crippen LogP contribution in [0.3, 0.4) is 0 Å². The zero-order chi connectivity index (χ0) is 13.3. The van der Waals surface area contributed by atoms with Gasteiger partial charge in [-0.1, -0.05) is 11.6 Å². The molecule has 96 valence electrons. The van der Waals surface area contributed by atoms with E-state index in [9.17, 15) is 0 Å². The van der Waals surface area contributed by atoms with Crippen LogP contribution in [0, 0.1) is 20.8 Å². The van der Waals surface area contributed by atoms with Crippen molar-refractivity contribution in [3.8, 4) is 5.69 Å². The Morgan fingerprint density at radius 1 is 1.28 bits per heavy atom. The van der Waals surface area contributed by atoms with E-state index in [2.05, 4.69) is 24.3 Å². The first kappa shape index (κ1) is 13.1. The summed E-state index contributed by atoms with van der Waals surface area (Å²) in [6.07, 6.45) is 0. The minimum absolute atomic E-state index is 0.752. The summed E-state index contributed by atoms with van der Waals surface area (Å²) in [6, 6.07) is 5.91. The zero-order valence-electron chi connectivity index (χ0n) is 11.2. The SMILES string of the molecule is CNCc1cc(Cl)ccc1-n1nc(C)c(C)c1C. The maximum absolute atomic E-state index is 6.06. The molecular formula is C14H18ClN3. The fourth-order valence-electron chi connectivity index (χ4n) is 2.05. The number of rotatable bonds is 3. The summed E-state index contributed by atoms with van der Waals surface area (Å²) < 4.78 is 1.99. The van der Waals surface area contributed by atoms with Gasteiger partial charge in [0.2, 0.25) is 0 Å². The third-order valence-corrected chi connectivity index (χ3v) is 3.53. The van der Waals surface area contributed by atoms with Crippen molar-refractivity contribution in [2.45, 2.75) is 27.3 Å². The molecule has 0 unspecified atom stereocenters. The van der Waals surface area contributed by atoms with Gasteiger partial charge in [0.05, 0.1) is 11.4 Å². The Hall–Kier alpha value is -1.32. The van der Waals surface area contributed by atoms with Crippen LogP contribution in [-0.2, 0) is 6.54 Å². The smallest absolute Gasteiger partial charge is 0.0694 e. The van der Waals surface area contributed by atoms with Crippen LogP contribution in [-0.4, -0.2) is 16.8 Å². The molecule has 0 saturated heterocycles. The van der Waals surface area contributed by atoms with Crippen molar-refractivity contribution < 1.29 is 0 Å². The van der Waals surface area contributed by atoms with Gasteiger partial charge in [0.1, 0.15) is 0 Å². The maximum Gasteiger partial charge on any atom is 0.0694 e. The molecule has 0 amide bonds. The Morgan fingerprint density at radius 2 is 2.00 bits per heavy atom. The fourth-order valence-corrected chi connectivity index (χ4v) is 2.24. The van der Waals surface area contributed by atoms with Gasteiger partial charge in [-0.2, -0.15) is 5.10 Å². The van der Waals surface area contributed by atoms with E-state index in [1.165, 1.54) is 11.3 Å². The standard InChI is InChI=1S/C14H18ClN3/c1-9-10(2)17-18(11(9)3)14-6-5-13(15)7-12(14)8-16-4/h5-7,16H,8H2,1-4H3. The highest BCUT2D eigenvalue weighted by molar-refractivity contribution is 6.30. The molecule has 0 spiro atoms. The van der Waals surface area contributed by atoms with Gasteiger partial charge in [-0.3, -0.25) is 0 Å². The quantitative estimate of drug-likeness (QED) is 0.922. The van der Waals surface area contributed by atoms with Crippen LogP contribution in [0.2, 0.25) is 5.02 Å². The van der Waals surface area contributed by atoms with Gasteiger partial charge in [0.25, 0.3) is 0 Å². The van der Waals surface area contributed by atoms with Crippen molar-refractivity contribution >= 4 is 11.6 Å². The maximum atomic E-state index is 6.06. The molecule has 18 heavy (non-hydrogen) atoms. The molecule has 1 N–H and O–H groups in total. The van der Waals surface area contributed by atoms with Gasteiger partial charge in [0.15, 0.2) is 0 Å². The molecule has 0 bridgehead atoms. The van der Waals surface area contributed by atoms with E-state index >= 15 is 0 Å². The van der Waals surface area contributed by atoms with Gasteiger partial charge in [0, 0.05) is 17.3 Å². The van der Waals surface area contributed by atoms with Crippen molar-refractivity contribution in [1.82, 2.24) is 15.1 Å². The molecule has 0 aliphatic rings. The number of nitrogens with one attached hydrogen (secondary N) is 1. The number of aryl methyl sites for hydroxylation is 1. The van der Waals surface area contributed by atoms with E-state index in [1.807, 2.05) is 36.9 Å². The van der Waals surface area contributed by atoms with Crippen LogP contribution >= 0.6 is 11.6 Å². The Kier molecular flexibility index (Phi) is 3.73. The summed E-state index contributed by atoms with van der Waals surface area (Å²) in [5, 5.41) is 8.51. The number of nitrogens with zero attached hydrogens (tertiary/aromatic N) is 2. The van der Waals surface area contributed by atoms with Crippen molar-refractivity contribution in [3.05, 3.63) is 45.7 Å². The molecule has 0 aliphatic carbocycles. The predicted molar refractivity (Wildman–Crippen MR) is 75.5 cm³/mol. The lowest BCUT2D eigenvalue weighted by atomic mass is 10.1. The summed E-state index contributed by atoms with van der Waals surface area (Å²) in [6.45, 7) is 6.99. The van der Waals surface area contributed by atoms with Gasteiger partial charge in [-0.05, 0) is 57.1 Å². The van der Waals surface area contributed by atoms with E-state index in [1.54, 1.807) is 0 Å². The second kappa shape index (κ2) is 5.12. The Bertz CT molecular complexity index is 573. The lowest BCUT2D eigenvalue weighted by Crippen LogP contribution is -2.10. The van der Waals surface area contributed by atoms with Crippen molar-refractivity contribution in [2.75, 3.05) is 7.05 Å². The first-order valence-electron chi connectivity index (χ1n) is 6.00. The molecule has 2 rings (SSSR count). The Morgan fingerprint density at radius 3 is 2.56 bits per heavy atom. The molecule has 0 radical (unpaired) electrons. The first-order valence-corrected chi connectivity index (χ1v) is 6.38. The number of hydrogen-bond acceptors (Lipinski definition) is 2. The van der Waals surface area contributed by atoms with E-state index in [4.69, 9.17) is 11.6 Å². The highest BCUT2D eigenvalue weighted by Crippen LogP contribution is 2.23. The van der Waals surface area contributed by atoms with Crippen molar-refractivity contribution in [2.24, 2.45) is 0 Å². The van der Waals surface area contributed by atoms with Crippen LogP contribution in [0.25, 0.3) is 5.69 Å². The summed E-state index contributed by atoms with van der Waals surface area (Å²) in [4.78, 5) is 0. The van der Waals surface area contributed by atoms with Crippen molar-refractivity contribution in [1.29, 1.82) is 0 Å². The molecule has 3 nitrogen and oxygen atoms in total. The molecule has 1 aromatic heterocycles. The molecule has 1 aromatic carbocycles. The fraction of sp³-hybridized carbons (Fsp3) is 0.357. The van der Waals surface area contributed by atoms with E-state index in [-0.39, 0.29) is 0 Å². The molecule has 0 aliphatic heterocycles. The van der Waals surface area contributed by atoms with Crippen LogP contribution in [0.15, 0.2) is 18.2 Å². The second-order valence-corrected chi connectivity index (χ2v) is 4.95. The van der Waals surface area contributed by atoms with E-state index < -0.39 is 0 Å². The normalized spacial score (nSPS) is 10.9. The molecular weight excluding hydrogens is 246 g/mol. The molecule has 4 heteroatoms. The average Bonchev–Trinajstić information content (AvgIpc) is 2.58. The van der Waals surface area contributed by atoms with Gasteiger partial charge >= 0.3 is 0 Å². The molecule has 0 fully saturated rings. The molecule has 0 saturated carbocycles. The lowest BCUT2D eigenvalue weighted by molar-refractivity contribution is 0.775. The minimum Gasteiger partial charge on any atom is -0.316 e. The van der Waals surface area contributed by atoms with Crippen molar-refractivity contribution in [3.63, 3.8) is 0 Å². The van der Waals surface area contributed by atoms with Crippen LogP contribution in [0.1, 0.15) is 22.5 Å². The molecule has 2 aromatic rings. The second-order valence-electron chi connectivity index (χ2n) is 4.51. The van der Waals surface area contributed by atoms with Gasteiger partial charge < -0.3 is 5.32 Å². The van der Waals surface area contributed by atoms with E-state index in [0.29, 0.717) is 0 Å². The summed E-state index contributed by atoms with van der Waals surface area (Å²) in [7, 11) is 1.93. The first-order chi connectivity index (χ1) is 8.54. The van der Waals surface area contributed by atoms with Gasteiger partial charge in [-0.15, -0.1) is 0 Å². The van der Waals surface area contributed by atoms with Crippen LogP contribution in [0.5, 0.6) is 0 Å². The predicted octanol–water partition coefficient (Wildman–Crippen LogP) is 3.17. The minimum atomic E-state index is 0.752. The summed E-state index contributed by atoms with van der Waals surface area (Å²) >= 11 is 6.06. The third kappa shape index (κ3) is 2.28. The average molecular weight is 264 g/mol. The number of benzene rings is 1. The Balaban J connectivity index is 2.59. The third-order valence-electron chi connectivity index (χ3n) is 3.29. The van der Waals surface area contributed by atoms with E-state index in [0.717, 1.165) is 28.5 Å². The van der Waals surface area contributed by atoms with Crippen LogP contribution in [0.4, 0.5) is 0 Å². The topological polar surface area (TPSA) is 29.9 Å². The summed E-state index contributed by atoms with van der Waals surface area (Å²) in [5.41, 5.74) is 5.71. The van der Waals surface area contributed by atoms with Gasteiger partial charge in [-0.25, -0.2) is 4.68 Å². The largest absolute Gasteiger partial charge is 0.316 e. The number of halogens is 1. The Labute approximate surface area is 113 Å². The highest BCUT2D eigenvalue weighted by Gasteiger charge is 2.12. The zero-order valence-corrected chi connectivity index (χ0v) is 12.0.